The largest absolute Gasteiger partial charge is 0.467 e. The van der Waals surface area contributed by atoms with Gasteiger partial charge in [-0.05, 0) is 29.8 Å². The lowest BCUT2D eigenvalue weighted by Crippen LogP contribution is -2.43. The van der Waals surface area contributed by atoms with E-state index in [-0.39, 0.29) is 24.6 Å². The second-order valence-corrected chi connectivity index (χ2v) is 6.15. The molecule has 0 fully saturated rings. The Morgan fingerprint density at radius 3 is 2.56 bits per heavy atom. The maximum Gasteiger partial charge on any atom is 0.328 e. The monoisotopic (exact) mass is 366 g/mol. The summed E-state index contributed by atoms with van der Waals surface area (Å²) in [6, 6.07) is 16.2. The zero-order chi connectivity index (χ0) is 19.2. The molecule has 27 heavy (non-hydrogen) atoms. The van der Waals surface area contributed by atoms with Gasteiger partial charge >= 0.3 is 5.97 Å². The third kappa shape index (κ3) is 4.88. The van der Waals surface area contributed by atoms with E-state index in [1.54, 1.807) is 0 Å². The predicted octanol–water partition coefficient (Wildman–Crippen LogP) is 2.82. The molecule has 0 aliphatic rings. The molecule has 0 spiro atoms. The third-order valence-corrected chi connectivity index (χ3v) is 4.17. The van der Waals surface area contributed by atoms with Gasteiger partial charge in [0.15, 0.2) is 0 Å². The second kappa shape index (κ2) is 8.40. The van der Waals surface area contributed by atoms with Gasteiger partial charge in [-0.2, -0.15) is 0 Å². The van der Waals surface area contributed by atoms with Crippen molar-refractivity contribution >= 4 is 22.8 Å². The Morgan fingerprint density at radius 1 is 1.07 bits per heavy atom. The smallest absolute Gasteiger partial charge is 0.328 e. The molecule has 0 radical (unpaired) electrons. The Labute approximate surface area is 156 Å². The fraction of sp³-hybridized carbons (Fsp3) is 0.190. The van der Waals surface area contributed by atoms with Gasteiger partial charge in [-0.3, -0.25) is 9.78 Å². The van der Waals surface area contributed by atoms with Gasteiger partial charge in [0.2, 0.25) is 5.91 Å². The summed E-state index contributed by atoms with van der Waals surface area (Å²) >= 11 is 0. The van der Waals surface area contributed by atoms with E-state index in [1.165, 1.54) is 31.4 Å². The van der Waals surface area contributed by atoms with Gasteiger partial charge in [-0.1, -0.05) is 36.4 Å². The molecular formula is C21H19FN2O3. The van der Waals surface area contributed by atoms with E-state index in [1.807, 2.05) is 36.4 Å². The fourth-order valence-corrected chi connectivity index (χ4v) is 2.80. The number of aromatic nitrogens is 1. The molecular weight excluding hydrogens is 347 g/mol. The molecule has 1 N–H and O–H groups in total. The van der Waals surface area contributed by atoms with Gasteiger partial charge in [-0.25, -0.2) is 9.18 Å². The van der Waals surface area contributed by atoms with Crippen LogP contribution < -0.4 is 5.32 Å². The van der Waals surface area contributed by atoms with Crippen LogP contribution in [0.3, 0.4) is 0 Å². The highest BCUT2D eigenvalue weighted by Crippen LogP contribution is 2.13. The van der Waals surface area contributed by atoms with Crippen LogP contribution in [0.25, 0.3) is 10.9 Å². The van der Waals surface area contributed by atoms with E-state index in [0.717, 1.165) is 10.9 Å². The Kier molecular flexibility index (Phi) is 5.76. The van der Waals surface area contributed by atoms with Crippen LogP contribution in [0.15, 0.2) is 60.7 Å². The molecule has 0 aliphatic heterocycles. The van der Waals surface area contributed by atoms with Gasteiger partial charge in [0.1, 0.15) is 11.9 Å². The zero-order valence-corrected chi connectivity index (χ0v) is 14.8. The maximum atomic E-state index is 13.0. The zero-order valence-electron chi connectivity index (χ0n) is 14.8. The number of para-hydroxylation sites is 1. The number of carbonyl (C=O) groups is 2. The summed E-state index contributed by atoms with van der Waals surface area (Å²) in [4.78, 5) is 28.9. The van der Waals surface area contributed by atoms with Crippen LogP contribution in [0.5, 0.6) is 0 Å². The average Bonchev–Trinajstić information content (AvgIpc) is 2.68. The summed E-state index contributed by atoms with van der Waals surface area (Å²) in [5.41, 5.74) is 2.14. The van der Waals surface area contributed by atoms with E-state index in [2.05, 4.69) is 10.3 Å². The number of carbonyl (C=O) groups excluding carboxylic acids is 2. The fourth-order valence-electron chi connectivity index (χ4n) is 2.80. The number of pyridine rings is 1. The summed E-state index contributed by atoms with van der Waals surface area (Å²) in [5, 5.41) is 3.68. The van der Waals surface area contributed by atoms with Crippen molar-refractivity contribution in [3.63, 3.8) is 0 Å². The van der Waals surface area contributed by atoms with E-state index in [9.17, 15) is 14.0 Å². The molecule has 1 aromatic heterocycles. The average molecular weight is 366 g/mol. The number of nitrogens with zero attached hydrogens (tertiary/aromatic N) is 1. The van der Waals surface area contributed by atoms with Crippen molar-refractivity contribution in [1.29, 1.82) is 0 Å². The highest BCUT2D eigenvalue weighted by atomic mass is 19.1. The number of rotatable bonds is 6. The Hall–Kier alpha value is -3.28. The van der Waals surface area contributed by atoms with Crippen molar-refractivity contribution in [3.05, 3.63) is 77.7 Å². The Bertz CT molecular complexity index is 957. The first-order chi connectivity index (χ1) is 13.0. The lowest BCUT2D eigenvalue weighted by molar-refractivity contribution is -0.145. The molecule has 3 rings (SSSR count). The van der Waals surface area contributed by atoms with Gasteiger partial charge in [0.05, 0.1) is 19.0 Å². The number of hydrogen-bond donors (Lipinski definition) is 1. The standard InChI is InChI=1S/C21H19FN2O3/c1-27-21(26)19(24-20(25)12-14-6-9-16(22)10-7-14)13-17-11-8-15-4-2-3-5-18(15)23-17/h2-11,19H,12-13H2,1H3,(H,24,25)/t19-/m0/s1. The van der Waals surface area contributed by atoms with Gasteiger partial charge in [-0.15, -0.1) is 0 Å². The molecule has 3 aromatic rings. The van der Waals surface area contributed by atoms with Crippen LogP contribution >= 0.6 is 0 Å². The molecule has 1 amide bonds. The van der Waals surface area contributed by atoms with Crippen LogP contribution in [0.2, 0.25) is 0 Å². The molecule has 1 atom stereocenters. The molecule has 6 heteroatoms. The van der Waals surface area contributed by atoms with Crippen LogP contribution in [0.1, 0.15) is 11.3 Å². The van der Waals surface area contributed by atoms with E-state index < -0.39 is 12.0 Å². The molecule has 0 saturated heterocycles. The minimum atomic E-state index is -0.850. The van der Waals surface area contributed by atoms with Crippen molar-refractivity contribution < 1.29 is 18.7 Å². The van der Waals surface area contributed by atoms with E-state index in [0.29, 0.717) is 11.3 Å². The highest BCUT2D eigenvalue weighted by molar-refractivity contribution is 5.86. The number of nitrogens with one attached hydrogen (secondary N) is 1. The summed E-state index contributed by atoms with van der Waals surface area (Å²) in [6.45, 7) is 0. The Balaban J connectivity index is 1.71. The van der Waals surface area contributed by atoms with Crippen LogP contribution in [0.4, 0.5) is 4.39 Å². The highest BCUT2D eigenvalue weighted by Gasteiger charge is 2.22. The van der Waals surface area contributed by atoms with Gasteiger partial charge in [0.25, 0.3) is 0 Å². The molecule has 138 valence electrons. The minimum Gasteiger partial charge on any atom is -0.467 e. The summed E-state index contributed by atoms with van der Waals surface area (Å²) in [5.74, 6) is -1.26. The SMILES string of the molecule is COC(=O)[C@H](Cc1ccc2ccccc2n1)NC(=O)Cc1ccc(F)cc1. The molecule has 0 aliphatic carbocycles. The second-order valence-electron chi connectivity index (χ2n) is 6.15. The molecule has 0 bridgehead atoms. The minimum absolute atomic E-state index is 0.0406. The van der Waals surface area contributed by atoms with Gasteiger partial charge in [0, 0.05) is 17.5 Å². The quantitative estimate of drug-likeness (QED) is 0.681. The van der Waals surface area contributed by atoms with Crippen molar-refractivity contribution in [2.24, 2.45) is 0 Å². The normalized spacial score (nSPS) is 11.8. The third-order valence-electron chi connectivity index (χ3n) is 4.17. The van der Waals surface area contributed by atoms with Crippen LogP contribution in [0, 0.1) is 5.82 Å². The number of amides is 1. The molecule has 2 aromatic carbocycles. The Morgan fingerprint density at radius 2 is 1.81 bits per heavy atom. The molecule has 1 heterocycles. The topological polar surface area (TPSA) is 68.3 Å². The summed E-state index contributed by atoms with van der Waals surface area (Å²) < 4.78 is 17.8. The van der Waals surface area contributed by atoms with Crippen LogP contribution in [-0.4, -0.2) is 30.0 Å². The number of halogens is 1. The van der Waals surface area contributed by atoms with Crippen molar-refractivity contribution in [1.82, 2.24) is 10.3 Å². The first-order valence-corrected chi connectivity index (χ1v) is 8.51. The number of benzene rings is 2. The summed E-state index contributed by atoms with van der Waals surface area (Å²) in [7, 11) is 1.27. The summed E-state index contributed by atoms with van der Waals surface area (Å²) in [6.07, 6.45) is 0.256. The van der Waals surface area contributed by atoms with Crippen molar-refractivity contribution in [2.75, 3.05) is 7.11 Å². The predicted molar refractivity (Wildman–Crippen MR) is 99.5 cm³/mol. The number of fused-ring (bicyclic) bond motifs is 1. The van der Waals surface area contributed by atoms with Crippen molar-refractivity contribution in [3.8, 4) is 0 Å². The lowest BCUT2D eigenvalue weighted by atomic mass is 10.1. The number of ether oxygens (including phenoxy) is 1. The lowest BCUT2D eigenvalue weighted by Gasteiger charge is -2.16. The van der Waals surface area contributed by atoms with E-state index in [4.69, 9.17) is 4.74 Å². The van der Waals surface area contributed by atoms with Crippen LogP contribution in [-0.2, 0) is 27.2 Å². The number of esters is 1. The number of methoxy groups -OCH3 is 1. The van der Waals surface area contributed by atoms with E-state index >= 15 is 0 Å². The maximum absolute atomic E-state index is 13.0. The molecule has 0 saturated carbocycles. The molecule has 5 nitrogen and oxygen atoms in total. The molecule has 0 unspecified atom stereocenters. The first kappa shape index (κ1) is 18.5. The number of hydrogen-bond acceptors (Lipinski definition) is 4. The van der Waals surface area contributed by atoms with Crippen molar-refractivity contribution in [2.45, 2.75) is 18.9 Å². The van der Waals surface area contributed by atoms with Gasteiger partial charge < -0.3 is 10.1 Å². The first-order valence-electron chi connectivity index (χ1n) is 8.51.